The lowest BCUT2D eigenvalue weighted by molar-refractivity contribution is -0.138. The number of alkyl halides is 3. The van der Waals surface area contributed by atoms with Crippen molar-refractivity contribution in [1.82, 2.24) is 4.98 Å². The van der Waals surface area contributed by atoms with Gasteiger partial charge >= 0.3 is 12.1 Å². The van der Waals surface area contributed by atoms with E-state index in [1.165, 1.54) is 31.4 Å². The van der Waals surface area contributed by atoms with Crippen LogP contribution in [0.1, 0.15) is 42.9 Å². The van der Waals surface area contributed by atoms with Gasteiger partial charge in [0.2, 0.25) is 0 Å². The maximum atomic E-state index is 12.8. The van der Waals surface area contributed by atoms with Crippen molar-refractivity contribution in [2.45, 2.75) is 32.4 Å². The summed E-state index contributed by atoms with van der Waals surface area (Å²) in [5.41, 5.74) is 2.66. The number of carbonyl (C=O) groups is 1. The van der Waals surface area contributed by atoms with Gasteiger partial charge in [-0.2, -0.15) is 13.2 Å². The minimum atomic E-state index is -4.38. The highest BCUT2D eigenvalue weighted by Crippen LogP contribution is 2.31. The van der Waals surface area contributed by atoms with Crippen molar-refractivity contribution in [3.63, 3.8) is 0 Å². The number of nitrogens with zero attached hydrogens (tertiary/aromatic N) is 2. The van der Waals surface area contributed by atoms with Gasteiger partial charge in [-0.3, -0.25) is 0 Å². The molecule has 1 fully saturated rings. The molecule has 0 saturated carbocycles. The molecule has 2 heterocycles. The average Bonchev–Trinajstić information content (AvgIpc) is 3.38. The van der Waals surface area contributed by atoms with E-state index < -0.39 is 17.7 Å². The standard InChI is InChI=1S/C28H27F3N2O2S/c1-2-35-26(34)24(11-6-8-20-12-14-23(15-13-20)28(29,30)31)21-9-7-10-22(18-21)25-19-36-27(32-25)33-16-4-3-5-17-33/h6-15,18-19H,2-5,16-17H2,1H3/b8-6-,24-11+. The monoisotopic (exact) mass is 512 g/mol. The number of allylic oxidation sites excluding steroid dienone is 2. The van der Waals surface area contributed by atoms with Crippen LogP contribution in [0.4, 0.5) is 18.3 Å². The minimum Gasteiger partial charge on any atom is -0.462 e. The molecule has 0 radical (unpaired) electrons. The third kappa shape index (κ3) is 6.43. The Hall–Kier alpha value is -3.39. The summed E-state index contributed by atoms with van der Waals surface area (Å²) in [5, 5.41) is 3.04. The fourth-order valence-corrected chi connectivity index (χ4v) is 4.89. The summed E-state index contributed by atoms with van der Waals surface area (Å²) in [6.45, 7) is 4.01. The summed E-state index contributed by atoms with van der Waals surface area (Å²) in [4.78, 5) is 19.9. The Kier molecular flexibility index (Phi) is 8.25. The Labute approximate surface area is 212 Å². The second-order valence-corrected chi connectivity index (χ2v) is 9.26. The summed E-state index contributed by atoms with van der Waals surface area (Å²) in [6, 6.07) is 12.4. The van der Waals surface area contributed by atoms with Crippen LogP contribution in [-0.4, -0.2) is 30.6 Å². The van der Waals surface area contributed by atoms with E-state index >= 15 is 0 Å². The quantitative estimate of drug-likeness (QED) is 0.187. The number of piperidine rings is 1. The first-order chi connectivity index (χ1) is 17.3. The number of esters is 1. The molecule has 1 aliphatic rings. The summed E-state index contributed by atoms with van der Waals surface area (Å²) in [5.74, 6) is -0.473. The number of rotatable bonds is 7. The smallest absolute Gasteiger partial charge is 0.416 e. The van der Waals surface area contributed by atoms with Crippen LogP contribution < -0.4 is 4.90 Å². The van der Waals surface area contributed by atoms with Crippen LogP contribution in [0.25, 0.3) is 22.9 Å². The van der Waals surface area contributed by atoms with Crippen LogP contribution in [0.15, 0.2) is 66.1 Å². The van der Waals surface area contributed by atoms with Gasteiger partial charge in [-0.15, -0.1) is 11.3 Å². The van der Waals surface area contributed by atoms with Crippen molar-refractivity contribution in [1.29, 1.82) is 0 Å². The first-order valence-electron chi connectivity index (χ1n) is 11.9. The van der Waals surface area contributed by atoms with Crippen LogP contribution >= 0.6 is 11.3 Å². The lowest BCUT2D eigenvalue weighted by atomic mass is 10.0. The highest BCUT2D eigenvalue weighted by Gasteiger charge is 2.29. The number of thiazole rings is 1. The lowest BCUT2D eigenvalue weighted by Gasteiger charge is -2.25. The lowest BCUT2D eigenvalue weighted by Crippen LogP contribution is -2.29. The molecule has 36 heavy (non-hydrogen) atoms. The zero-order valence-electron chi connectivity index (χ0n) is 19.9. The number of benzene rings is 2. The highest BCUT2D eigenvalue weighted by molar-refractivity contribution is 7.14. The molecule has 1 aliphatic heterocycles. The van der Waals surface area contributed by atoms with Crippen LogP contribution in [0.2, 0.25) is 0 Å². The van der Waals surface area contributed by atoms with Crippen molar-refractivity contribution in [3.05, 3.63) is 82.8 Å². The van der Waals surface area contributed by atoms with Gasteiger partial charge in [-0.05, 0) is 61.6 Å². The predicted octanol–water partition coefficient (Wildman–Crippen LogP) is 7.48. The first kappa shape index (κ1) is 25.7. The van der Waals surface area contributed by atoms with E-state index in [1.807, 2.05) is 29.6 Å². The van der Waals surface area contributed by atoms with Gasteiger partial charge < -0.3 is 9.64 Å². The molecule has 0 amide bonds. The van der Waals surface area contributed by atoms with E-state index in [0.717, 1.165) is 41.6 Å². The number of ether oxygens (including phenoxy) is 1. The molecule has 188 valence electrons. The van der Waals surface area contributed by atoms with Gasteiger partial charge in [0.25, 0.3) is 0 Å². The molecule has 0 spiro atoms. The van der Waals surface area contributed by atoms with Crippen LogP contribution in [-0.2, 0) is 15.7 Å². The number of carbonyl (C=O) groups excluding carboxylic acids is 1. The second-order valence-electron chi connectivity index (χ2n) is 8.42. The van der Waals surface area contributed by atoms with Gasteiger partial charge in [-0.1, -0.05) is 42.5 Å². The van der Waals surface area contributed by atoms with Gasteiger partial charge in [0, 0.05) is 24.0 Å². The van der Waals surface area contributed by atoms with E-state index in [2.05, 4.69) is 4.90 Å². The molecule has 2 aromatic carbocycles. The summed E-state index contributed by atoms with van der Waals surface area (Å²) in [7, 11) is 0. The van der Waals surface area contributed by atoms with Gasteiger partial charge in [0.1, 0.15) is 0 Å². The Morgan fingerprint density at radius 3 is 2.56 bits per heavy atom. The molecule has 1 aromatic heterocycles. The van der Waals surface area contributed by atoms with Crippen LogP contribution in [0.5, 0.6) is 0 Å². The van der Waals surface area contributed by atoms with Crippen molar-refractivity contribution in [3.8, 4) is 11.3 Å². The van der Waals surface area contributed by atoms with Gasteiger partial charge in [-0.25, -0.2) is 9.78 Å². The SMILES string of the molecule is CCOC(=O)/C(=C/C=C\c1ccc(C(F)(F)F)cc1)c1cccc(-c2csc(N3CCCCC3)n2)c1. The molecule has 8 heteroatoms. The second kappa shape index (κ2) is 11.6. The van der Waals surface area contributed by atoms with Gasteiger partial charge in [0.05, 0.1) is 23.4 Å². The number of hydrogen-bond donors (Lipinski definition) is 0. The Morgan fingerprint density at radius 1 is 1.11 bits per heavy atom. The minimum absolute atomic E-state index is 0.226. The number of aromatic nitrogens is 1. The predicted molar refractivity (Wildman–Crippen MR) is 139 cm³/mol. The normalized spacial score (nSPS) is 14.9. The molecule has 4 rings (SSSR count). The largest absolute Gasteiger partial charge is 0.462 e. The zero-order valence-corrected chi connectivity index (χ0v) is 20.7. The van der Waals surface area contributed by atoms with Crippen molar-refractivity contribution in [2.24, 2.45) is 0 Å². The Bertz CT molecular complexity index is 1240. The fourth-order valence-electron chi connectivity index (χ4n) is 4.00. The van der Waals surface area contributed by atoms with E-state index in [0.29, 0.717) is 16.7 Å². The van der Waals surface area contributed by atoms with E-state index in [9.17, 15) is 18.0 Å². The summed E-state index contributed by atoms with van der Waals surface area (Å²) in [6.07, 6.45) is 4.14. The zero-order chi connectivity index (χ0) is 25.5. The molecule has 0 bridgehead atoms. The van der Waals surface area contributed by atoms with Crippen molar-refractivity contribution in [2.75, 3.05) is 24.6 Å². The summed E-state index contributed by atoms with van der Waals surface area (Å²) >= 11 is 1.62. The Morgan fingerprint density at radius 2 is 1.86 bits per heavy atom. The van der Waals surface area contributed by atoms with Crippen molar-refractivity contribution >= 4 is 34.1 Å². The first-order valence-corrected chi connectivity index (χ1v) is 12.8. The molecule has 1 saturated heterocycles. The van der Waals surface area contributed by atoms with Crippen LogP contribution in [0, 0.1) is 0 Å². The van der Waals surface area contributed by atoms with Crippen LogP contribution in [0.3, 0.4) is 0 Å². The fraction of sp³-hybridized carbons (Fsp3) is 0.286. The molecule has 3 aromatic rings. The molecule has 0 N–H and O–H groups in total. The van der Waals surface area contributed by atoms with Gasteiger partial charge in [0.15, 0.2) is 5.13 Å². The van der Waals surface area contributed by atoms with Crippen molar-refractivity contribution < 1.29 is 22.7 Å². The maximum absolute atomic E-state index is 12.8. The molecule has 4 nitrogen and oxygen atoms in total. The molecule has 0 unspecified atom stereocenters. The molecular weight excluding hydrogens is 485 g/mol. The van der Waals surface area contributed by atoms with E-state index in [-0.39, 0.29) is 6.61 Å². The summed E-state index contributed by atoms with van der Waals surface area (Å²) < 4.78 is 43.6. The highest BCUT2D eigenvalue weighted by atomic mass is 32.1. The number of halogens is 3. The number of hydrogen-bond acceptors (Lipinski definition) is 5. The topological polar surface area (TPSA) is 42.4 Å². The third-order valence-electron chi connectivity index (χ3n) is 5.87. The Balaban J connectivity index is 1.58. The van der Waals surface area contributed by atoms with E-state index in [4.69, 9.17) is 9.72 Å². The third-order valence-corrected chi connectivity index (χ3v) is 6.77. The molecule has 0 aliphatic carbocycles. The van der Waals surface area contributed by atoms with E-state index in [1.54, 1.807) is 36.5 Å². The average molecular weight is 513 g/mol. The number of anilines is 1. The molecule has 0 atom stereocenters. The maximum Gasteiger partial charge on any atom is 0.416 e. The molecular formula is C28H27F3N2O2S.